The molecular formula is C16H24ClN3O3. The molecule has 1 aromatic rings. The minimum absolute atomic E-state index is 0. The van der Waals surface area contributed by atoms with Crippen LogP contribution < -0.4 is 16.2 Å². The van der Waals surface area contributed by atoms with Gasteiger partial charge in [-0.1, -0.05) is 6.07 Å². The molecule has 0 aliphatic carbocycles. The summed E-state index contributed by atoms with van der Waals surface area (Å²) in [5.74, 6) is 0.689. The Hall–Kier alpha value is -1.79. The lowest BCUT2D eigenvalue weighted by atomic mass is 9.97. The zero-order chi connectivity index (χ0) is 15.9. The van der Waals surface area contributed by atoms with E-state index in [1.165, 1.54) is 0 Å². The maximum atomic E-state index is 12.1. The largest absolute Gasteiger partial charge is 0.493 e. The number of carbonyl (C=O) groups excluding carboxylic acids is 2. The first-order valence-electron chi connectivity index (χ1n) is 7.60. The number of piperidine rings is 1. The fraction of sp³-hybridized carbons (Fsp3) is 0.500. The van der Waals surface area contributed by atoms with Crippen molar-refractivity contribution in [1.29, 1.82) is 0 Å². The molecule has 1 saturated heterocycles. The van der Waals surface area contributed by atoms with Crippen molar-refractivity contribution in [2.24, 2.45) is 17.4 Å². The molecule has 1 aliphatic rings. The topological polar surface area (TPSA) is 98.7 Å². The molecule has 2 rings (SSSR count). The number of halogens is 1. The van der Waals surface area contributed by atoms with E-state index in [2.05, 4.69) is 0 Å². The summed E-state index contributed by atoms with van der Waals surface area (Å²) in [6, 6.07) is 6.65. The van der Waals surface area contributed by atoms with Gasteiger partial charge in [0, 0.05) is 18.7 Å². The summed E-state index contributed by atoms with van der Waals surface area (Å²) < 4.78 is 5.53. The number of likely N-dealkylation sites (tertiary alicyclic amines) is 1. The maximum Gasteiger partial charge on any atom is 0.248 e. The molecule has 7 heteroatoms. The van der Waals surface area contributed by atoms with Crippen molar-refractivity contribution < 1.29 is 14.3 Å². The van der Waals surface area contributed by atoms with E-state index in [0.29, 0.717) is 30.2 Å². The van der Waals surface area contributed by atoms with E-state index in [1.807, 2.05) is 4.90 Å². The lowest BCUT2D eigenvalue weighted by molar-refractivity contribution is -0.133. The first kappa shape index (κ1) is 19.3. The van der Waals surface area contributed by atoms with E-state index in [4.69, 9.17) is 16.2 Å². The predicted octanol–water partition coefficient (Wildman–Crippen LogP) is 1.17. The van der Waals surface area contributed by atoms with Crippen molar-refractivity contribution in [3.05, 3.63) is 29.8 Å². The van der Waals surface area contributed by atoms with Gasteiger partial charge in [0.1, 0.15) is 5.75 Å². The number of rotatable bonds is 6. The van der Waals surface area contributed by atoms with Crippen LogP contribution in [0.1, 0.15) is 29.6 Å². The number of hydrogen-bond donors (Lipinski definition) is 2. The Kier molecular flexibility index (Phi) is 7.85. The molecule has 6 nitrogen and oxygen atoms in total. The quantitative estimate of drug-likeness (QED) is 0.811. The molecule has 1 aliphatic heterocycles. The van der Waals surface area contributed by atoms with Crippen LogP contribution in [0.3, 0.4) is 0 Å². The molecule has 23 heavy (non-hydrogen) atoms. The van der Waals surface area contributed by atoms with Crippen molar-refractivity contribution in [1.82, 2.24) is 4.90 Å². The van der Waals surface area contributed by atoms with Crippen LogP contribution in [0, 0.1) is 5.92 Å². The van der Waals surface area contributed by atoms with Gasteiger partial charge in [0.15, 0.2) is 0 Å². The normalized spacial score (nSPS) is 14.9. The Labute approximate surface area is 142 Å². The van der Waals surface area contributed by atoms with Gasteiger partial charge >= 0.3 is 0 Å². The fourth-order valence-electron chi connectivity index (χ4n) is 2.57. The molecule has 4 N–H and O–H groups in total. The molecule has 1 aromatic carbocycles. The molecular weight excluding hydrogens is 318 g/mol. The minimum Gasteiger partial charge on any atom is -0.493 e. The second-order valence-electron chi connectivity index (χ2n) is 5.55. The second kappa shape index (κ2) is 9.37. The molecule has 0 bridgehead atoms. The highest BCUT2D eigenvalue weighted by atomic mass is 35.5. The third-order valence-electron chi connectivity index (χ3n) is 4.00. The van der Waals surface area contributed by atoms with E-state index in [-0.39, 0.29) is 24.9 Å². The zero-order valence-corrected chi connectivity index (χ0v) is 13.9. The van der Waals surface area contributed by atoms with Gasteiger partial charge in [0.2, 0.25) is 11.8 Å². The van der Waals surface area contributed by atoms with Crippen LogP contribution in [0.25, 0.3) is 0 Å². The average molecular weight is 342 g/mol. The Bertz CT molecular complexity index is 531. The van der Waals surface area contributed by atoms with Gasteiger partial charge in [-0.25, -0.2) is 0 Å². The Morgan fingerprint density at radius 1 is 1.26 bits per heavy atom. The van der Waals surface area contributed by atoms with Crippen LogP contribution in [0.5, 0.6) is 5.75 Å². The molecule has 128 valence electrons. The van der Waals surface area contributed by atoms with Crippen molar-refractivity contribution >= 4 is 24.2 Å². The number of benzene rings is 1. The van der Waals surface area contributed by atoms with Gasteiger partial charge in [-0.05, 0) is 43.5 Å². The SMILES string of the molecule is Cl.NCC1CCN(C(=O)CCOc2cccc(C(N)=O)c2)CC1. The average Bonchev–Trinajstić information content (AvgIpc) is 2.55. The van der Waals surface area contributed by atoms with E-state index < -0.39 is 5.91 Å². The lowest BCUT2D eigenvalue weighted by Gasteiger charge is -2.31. The van der Waals surface area contributed by atoms with Crippen LogP contribution >= 0.6 is 12.4 Å². The summed E-state index contributed by atoms with van der Waals surface area (Å²) in [7, 11) is 0. The van der Waals surface area contributed by atoms with Crippen LogP contribution in [0.15, 0.2) is 24.3 Å². The monoisotopic (exact) mass is 341 g/mol. The van der Waals surface area contributed by atoms with E-state index in [9.17, 15) is 9.59 Å². The molecule has 1 fully saturated rings. The van der Waals surface area contributed by atoms with Crippen molar-refractivity contribution in [3.8, 4) is 5.75 Å². The van der Waals surface area contributed by atoms with Crippen LogP contribution in [0.2, 0.25) is 0 Å². The number of primary amides is 1. The molecule has 0 spiro atoms. The number of ether oxygens (including phenoxy) is 1. The summed E-state index contributed by atoms with van der Waals surface area (Å²) >= 11 is 0. The van der Waals surface area contributed by atoms with E-state index in [0.717, 1.165) is 25.9 Å². The van der Waals surface area contributed by atoms with Gasteiger partial charge in [-0.15, -0.1) is 12.4 Å². The standard InChI is InChI=1S/C16H23N3O3.ClH/c17-11-12-4-7-19(8-5-12)15(20)6-9-22-14-3-1-2-13(10-14)16(18)21;/h1-3,10,12H,4-9,11,17H2,(H2,18,21);1H. The third kappa shape index (κ3) is 5.73. The summed E-state index contributed by atoms with van der Waals surface area (Å²) in [4.78, 5) is 25.1. The first-order chi connectivity index (χ1) is 10.6. The fourth-order valence-corrected chi connectivity index (χ4v) is 2.57. The van der Waals surface area contributed by atoms with Crippen molar-refractivity contribution in [3.63, 3.8) is 0 Å². The Balaban J connectivity index is 0.00000264. The summed E-state index contributed by atoms with van der Waals surface area (Å²) in [5, 5.41) is 0. The first-order valence-corrected chi connectivity index (χ1v) is 7.60. The smallest absolute Gasteiger partial charge is 0.248 e. The van der Waals surface area contributed by atoms with Crippen LogP contribution in [0.4, 0.5) is 0 Å². The van der Waals surface area contributed by atoms with Crippen LogP contribution in [-0.4, -0.2) is 43.0 Å². The number of nitrogens with zero attached hydrogens (tertiary/aromatic N) is 1. The Morgan fingerprint density at radius 2 is 1.96 bits per heavy atom. The van der Waals surface area contributed by atoms with Crippen LogP contribution in [-0.2, 0) is 4.79 Å². The van der Waals surface area contributed by atoms with Gasteiger partial charge in [-0.2, -0.15) is 0 Å². The van der Waals surface area contributed by atoms with Gasteiger partial charge in [-0.3, -0.25) is 9.59 Å². The molecule has 0 aromatic heterocycles. The number of amides is 2. The summed E-state index contributed by atoms with van der Waals surface area (Å²) in [5.41, 5.74) is 11.3. The molecule has 1 heterocycles. The summed E-state index contributed by atoms with van der Waals surface area (Å²) in [6.45, 7) is 2.54. The minimum atomic E-state index is -0.496. The van der Waals surface area contributed by atoms with E-state index >= 15 is 0 Å². The lowest BCUT2D eigenvalue weighted by Crippen LogP contribution is -2.40. The highest BCUT2D eigenvalue weighted by Gasteiger charge is 2.21. The maximum absolute atomic E-state index is 12.1. The highest BCUT2D eigenvalue weighted by molar-refractivity contribution is 5.93. The number of hydrogen-bond acceptors (Lipinski definition) is 4. The number of carbonyl (C=O) groups is 2. The third-order valence-corrected chi connectivity index (χ3v) is 4.00. The number of nitrogens with two attached hydrogens (primary N) is 2. The van der Waals surface area contributed by atoms with Gasteiger partial charge in [0.05, 0.1) is 13.0 Å². The van der Waals surface area contributed by atoms with Crippen molar-refractivity contribution in [2.75, 3.05) is 26.2 Å². The molecule has 0 radical (unpaired) electrons. The highest BCUT2D eigenvalue weighted by Crippen LogP contribution is 2.17. The van der Waals surface area contributed by atoms with E-state index in [1.54, 1.807) is 24.3 Å². The molecule has 0 atom stereocenters. The predicted molar refractivity (Wildman–Crippen MR) is 90.7 cm³/mol. The molecule has 0 unspecified atom stereocenters. The van der Waals surface area contributed by atoms with Gasteiger partial charge < -0.3 is 21.1 Å². The van der Waals surface area contributed by atoms with Crippen molar-refractivity contribution in [2.45, 2.75) is 19.3 Å². The molecule has 0 saturated carbocycles. The molecule has 2 amide bonds. The van der Waals surface area contributed by atoms with Gasteiger partial charge in [0.25, 0.3) is 0 Å². The zero-order valence-electron chi connectivity index (χ0n) is 13.1. The summed E-state index contributed by atoms with van der Waals surface area (Å²) in [6.07, 6.45) is 2.28. The Morgan fingerprint density at radius 3 is 2.57 bits per heavy atom. The second-order valence-corrected chi connectivity index (χ2v) is 5.55.